The molecule has 0 aliphatic carbocycles. The molecule has 0 heterocycles. The van der Waals surface area contributed by atoms with Crippen LogP contribution in [0, 0.1) is 0 Å². The van der Waals surface area contributed by atoms with Crippen molar-refractivity contribution in [2.24, 2.45) is 5.10 Å². The van der Waals surface area contributed by atoms with Crippen molar-refractivity contribution in [1.82, 2.24) is 5.43 Å². The number of nitrogens with zero attached hydrogens (tertiary/aromatic N) is 1. The van der Waals surface area contributed by atoms with E-state index in [1.54, 1.807) is 24.3 Å². The maximum Gasteiger partial charge on any atom is 0.340 e. The molecule has 0 aromatic heterocycles. The highest BCUT2D eigenvalue weighted by Crippen LogP contribution is 2.32. The molecule has 2 aromatic rings. The van der Waals surface area contributed by atoms with Crippen molar-refractivity contribution < 1.29 is 24.2 Å². The summed E-state index contributed by atoms with van der Waals surface area (Å²) in [5.74, 6) is -1.33. The van der Waals surface area contributed by atoms with Crippen LogP contribution < -0.4 is 20.6 Å². The summed E-state index contributed by atoms with van der Waals surface area (Å²) in [6.07, 6.45) is 1.22. The number of ether oxygens (including phenoxy) is 2. The van der Waals surface area contributed by atoms with Gasteiger partial charge in [-0.1, -0.05) is 6.07 Å². The molecule has 0 fully saturated rings. The van der Waals surface area contributed by atoms with Gasteiger partial charge in [-0.25, -0.2) is 10.2 Å². The van der Waals surface area contributed by atoms with Crippen molar-refractivity contribution in [3.8, 4) is 11.5 Å². The Kier molecular flexibility index (Phi) is 5.57. The zero-order valence-corrected chi connectivity index (χ0v) is 13.6. The second-order valence-corrected chi connectivity index (χ2v) is 4.90. The number of rotatable bonds is 6. The van der Waals surface area contributed by atoms with E-state index in [2.05, 4.69) is 10.5 Å². The summed E-state index contributed by atoms with van der Waals surface area (Å²) < 4.78 is 10.2. The first kappa shape index (κ1) is 17.8. The average molecular weight is 343 g/mol. The van der Waals surface area contributed by atoms with E-state index in [1.165, 1.54) is 32.6 Å². The molecule has 0 spiro atoms. The Hall–Kier alpha value is -3.55. The van der Waals surface area contributed by atoms with Crippen molar-refractivity contribution in [1.29, 1.82) is 0 Å². The van der Waals surface area contributed by atoms with Gasteiger partial charge in [-0.05, 0) is 30.3 Å². The Morgan fingerprint density at radius 3 is 2.56 bits per heavy atom. The third-order valence-corrected chi connectivity index (χ3v) is 3.31. The lowest BCUT2D eigenvalue weighted by molar-refractivity contribution is 0.0692. The fourth-order valence-corrected chi connectivity index (χ4v) is 2.18. The molecule has 130 valence electrons. The third-order valence-electron chi connectivity index (χ3n) is 3.31. The molecule has 2 rings (SSSR count). The minimum atomic E-state index is -1.21. The third kappa shape index (κ3) is 4.05. The van der Waals surface area contributed by atoms with Crippen molar-refractivity contribution in [3.63, 3.8) is 0 Å². The van der Waals surface area contributed by atoms with E-state index >= 15 is 0 Å². The fourth-order valence-electron chi connectivity index (χ4n) is 2.18. The monoisotopic (exact) mass is 343 g/mol. The lowest BCUT2D eigenvalue weighted by atomic mass is 10.1. The molecular weight excluding hydrogens is 326 g/mol. The summed E-state index contributed by atoms with van der Waals surface area (Å²) in [6, 6.07) is 9.44. The maximum atomic E-state index is 12.0. The van der Waals surface area contributed by atoms with Crippen LogP contribution >= 0.6 is 0 Å². The van der Waals surface area contributed by atoms with Crippen LogP contribution in [-0.2, 0) is 0 Å². The number of benzene rings is 2. The van der Waals surface area contributed by atoms with Gasteiger partial charge in [-0.3, -0.25) is 4.79 Å². The van der Waals surface area contributed by atoms with E-state index in [0.717, 1.165) is 0 Å². The van der Waals surface area contributed by atoms with Crippen molar-refractivity contribution in [2.75, 3.05) is 20.0 Å². The highest BCUT2D eigenvalue weighted by Gasteiger charge is 2.20. The predicted octanol–water partition coefficient (Wildman–Crippen LogP) is 1.75. The van der Waals surface area contributed by atoms with Crippen molar-refractivity contribution >= 4 is 23.8 Å². The number of carbonyl (C=O) groups excluding carboxylic acids is 1. The number of carboxylic acid groups (broad SMARTS) is 1. The second-order valence-electron chi connectivity index (χ2n) is 4.90. The molecule has 4 N–H and O–H groups in total. The first-order valence-electron chi connectivity index (χ1n) is 7.15. The number of hydrogen-bond acceptors (Lipinski definition) is 6. The van der Waals surface area contributed by atoms with Gasteiger partial charge in [0.1, 0.15) is 5.56 Å². The highest BCUT2D eigenvalue weighted by atomic mass is 16.5. The molecule has 0 bridgehead atoms. The van der Waals surface area contributed by atoms with Crippen molar-refractivity contribution in [3.05, 3.63) is 53.1 Å². The minimum absolute atomic E-state index is 0.0705. The lowest BCUT2D eigenvalue weighted by Gasteiger charge is -2.12. The van der Waals surface area contributed by atoms with Crippen LogP contribution in [0.4, 0.5) is 5.69 Å². The van der Waals surface area contributed by atoms with E-state index in [4.69, 9.17) is 15.2 Å². The number of amides is 1. The van der Waals surface area contributed by atoms with Crippen LogP contribution in [0.15, 0.2) is 41.5 Å². The SMILES string of the molecule is COc1ccc(C=NNC(=O)c2cccc(N)c2)c(C(=O)O)c1OC. The summed E-state index contributed by atoms with van der Waals surface area (Å²) in [6.45, 7) is 0. The van der Waals surface area contributed by atoms with Gasteiger partial charge in [-0.15, -0.1) is 0 Å². The second kappa shape index (κ2) is 7.82. The number of nitrogens with two attached hydrogens (primary N) is 1. The van der Waals surface area contributed by atoms with E-state index in [9.17, 15) is 14.7 Å². The number of aromatic carboxylic acids is 1. The lowest BCUT2D eigenvalue weighted by Crippen LogP contribution is -2.18. The van der Waals surface area contributed by atoms with Crippen LogP contribution in [-0.4, -0.2) is 37.4 Å². The van der Waals surface area contributed by atoms with Crippen LogP contribution in [0.5, 0.6) is 11.5 Å². The Bertz CT molecular complexity index is 833. The van der Waals surface area contributed by atoms with E-state index < -0.39 is 11.9 Å². The number of carboxylic acids is 1. The summed E-state index contributed by atoms with van der Waals surface area (Å²) in [4.78, 5) is 23.5. The first-order chi connectivity index (χ1) is 12.0. The fraction of sp³-hybridized carbons (Fsp3) is 0.118. The number of nitrogen functional groups attached to an aromatic ring is 1. The molecule has 0 radical (unpaired) electrons. The molecule has 0 atom stereocenters. The van der Waals surface area contributed by atoms with Crippen LogP contribution in [0.1, 0.15) is 26.3 Å². The average Bonchev–Trinajstić information content (AvgIpc) is 2.60. The molecule has 0 saturated carbocycles. The molecule has 1 amide bonds. The number of nitrogens with one attached hydrogen (secondary N) is 1. The normalized spacial score (nSPS) is 10.5. The summed E-state index contributed by atoms with van der Waals surface area (Å²) in [7, 11) is 2.75. The van der Waals surface area contributed by atoms with E-state index in [0.29, 0.717) is 11.3 Å². The molecular formula is C17H17N3O5. The van der Waals surface area contributed by atoms with Gasteiger partial charge in [0, 0.05) is 16.8 Å². The van der Waals surface area contributed by atoms with Gasteiger partial charge < -0.3 is 20.3 Å². The van der Waals surface area contributed by atoms with Gasteiger partial charge in [0.2, 0.25) is 0 Å². The molecule has 0 aliphatic heterocycles. The molecule has 8 heteroatoms. The zero-order valence-electron chi connectivity index (χ0n) is 13.6. The standard InChI is InChI=1S/C17H17N3O5/c1-24-13-7-6-11(14(17(22)23)15(13)25-2)9-19-20-16(21)10-4-3-5-12(18)8-10/h3-9H,18H2,1-2H3,(H,20,21)(H,22,23). The summed E-state index contributed by atoms with van der Waals surface area (Å²) in [5, 5.41) is 13.2. The molecule has 2 aromatic carbocycles. The predicted molar refractivity (Wildman–Crippen MR) is 92.4 cm³/mol. The number of hydrogen-bond donors (Lipinski definition) is 3. The first-order valence-corrected chi connectivity index (χ1v) is 7.15. The minimum Gasteiger partial charge on any atom is -0.493 e. The Labute approximate surface area is 143 Å². The van der Waals surface area contributed by atoms with Gasteiger partial charge in [0.15, 0.2) is 11.5 Å². The molecule has 0 unspecified atom stereocenters. The topological polar surface area (TPSA) is 123 Å². The Balaban J connectivity index is 2.26. The van der Waals surface area contributed by atoms with Gasteiger partial charge in [0.05, 0.1) is 20.4 Å². The van der Waals surface area contributed by atoms with Crippen LogP contribution in [0.2, 0.25) is 0 Å². The highest BCUT2D eigenvalue weighted by molar-refractivity contribution is 6.02. The molecule has 0 saturated heterocycles. The van der Waals surface area contributed by atoms with E-state index in [-0.39, 0.29) is 22.6 Å². The van der Waals surface area contributed by atoms with Crippen LogP contribution in [0.3, 0.4) is 0 Å². The number of methoxy groups -OCH3 is 2. The molecule has 8 nitrogen and oxygen atoms in total. The van der Waals surface area contributed by atoms with Crippen LogP contribution in [0.25, 0.3) is 0 Å². The smallest absolute Gasteiger partial charge is 0.340 e. The summed E-state index contributed by atoms with van der Waals surface area (Å²) in [5.41, 5.74) is 8.85. The van der Waals surface area contributed by atoms with Crippen molar-refractivity contribution in [2.45, 2.75) is 0 Å². The van der Waals surface area contributed by atoms with E-state index in [1.807, 2.05) is 0 Å². The molecule has 25 heavy (non-hydrogen) atoms. The van der Waals surface area contributed by atoms with Gasteiger partial charge >= 0.3 is 5.97 Å². The Morgan fingerprint density at radius 2 is 1.96 bits per heavy atom. The molecule has 0 aliphatic rings. The zero-order chi connectivity index (χ0) is 18.4. The number of carbonyl (C=O) groups is 2. The number of anilines is 1. The maximum absolute atomic E-state index is 12.0. The quantitative estimate of drug-likeness (QED) is 0.417. The van der Waals surface area contributed by atoms with Gasteiger partial charge in [-0.2, -0.15) is 5.10 Å². The largest absolute Gasteiger partial charge is 0.493 e. The number of hydrazone groups is 1. The Morgan fingerprint density at radius 1 is 1.20 bits per heavy atom. The van der Waals surface area contributed by atoms with Gasteiger partial charge in [0.25, 0.3) is 5.91 Å². The summed E-state index contributed by atoms with van der Waals surface area (Å²) >= 11 is 0.